The SMILES string of the molecule is CC(C)c1ccccc1Cc1ccccc1N. The van der Waals surface area contributed by atoms with Crippen LogP contribution >= 0.6 is 0 Å². The Kier molecular flexibility index (Phi) is 3.48. The molecule has 0 aliphatic rings. The Bertz CT molecular complexity index is 500. The van der Waals surface area contributed by atoms with Gasteiger partial charge in [-0.3, -0.25) is 0 Å². The van der Waals surface area contributed by atoms with Crippen molar-refractivity contribution >= 4 is 5.69 Å². The molecule has 0 unspecified atom stereocenters. The standard InChI is InChI=1S/C16H19N/c1-12(2)15-9-5-3-7-13(15)11-14-8-4-6-10-16(14)17/h3-10,12H,11,17H2,1-2H3. The molecule has 0 heterocycles. The van der Waals surface area contributed by atoms with Crippen LogP contribution in [0.2, 0.25) is 0 Å². The van der Waals surface area contributed by atoms with E-state index in [2.05, 4.69) is 44.2 Å². The van der Waals surface area contributed by atoms with Crippen molar-refractivity contribution < 1.29 is 0 Å². The summed E-state index contributed by atoms with van der Waals surface area (Å²) in [5, 5.41) is 0. The molecule has 0 fully saturated rings. The lowest BCUT2D eigenvalue weighted by molar-refractivity contribution is 0.848. The van der Waals surface area contributed by atoms with E-state index in [0.717, 1.165) is 12.1 Å². The van der Waals surface area contributed by atoms with Gasteiger partial charge in [0.15, 0.2) is 0 Å². The second kappa shape index (κ2) is 5.05. The third kappa shape index (κ3) is 2.68. The maximum absolute atomic E-state index is 5.99. The van der Waals surface area contributed by atoms with E-state index in [9.17, 15) is 0 Å². The first-order valence-electron chi connectivity index (χ1n) is 6.09. The normalized spacial score (nSPS) is 10.8. The summed E-state index contributed by atoms with van der Waals surface area (Å²) in [6.07, 6.45) is 0.918. The van der Waals surface area contributed by atoms with Crippen molar-refractivity contribution in [2.75, 3.05) is 5.73 Å². The first kappa shape index (κ1) is 11.7. The van der Waals surface area contributed by atoms with Crippen LogP contribution in [0, 0.1) is 0 Å². The fraction of sp³-hybridized carbons (Fsp3) is 0.250. The van der Waals surface area contributed by atoms with Crippen molar-refractivity contribution in [3.63, 3.8) is 0 Å². The van der Waals surface area contributed by atoms with Crippen LogP contribution in [0.25, 0.3) is 0 Å². The van der Waals surface area contributed by atoms with Gasteiger partial charge in [-0.25, -0.2) is 0 Å². The maximum Gasteiger partial charge on any atom is 0.0349 e. The minimum atomic E-state index is 0.552. The lowest BCUT2D eigenvalue weighted by Gasteiger charge is -2.13. The molecule has 1 heteroatoms. The van der Waals surface area contributed by atoms with Crippen LogP contribution in [0.1, 0.15) is 36.5 Å². The number of hydrogen-bond acceptors (Lipinski definition) is 1. The highest BCUT2D eigenvalue weighted by Gasteiger charge is 2.07. The Morgan fingerprint density at radius 3 is 2.12 bits per heavy atom. The van der Waals surface area contributed by atoms with Gasteiger partial charge in [0.1, 0.15) is 0 Å². The summed E-state index contributed by atoms with van der Waals surface area (Å²) in [6.45, 7) is 4.46. The Hall–Kier alpha value is -1.76. The smallest absolute Gasteiger partial charge is 0.0349 e. The second-order valence-electron chi connectivity index (χ2n) is 4.73. The molecular weight excluding hydrogens is 206 g/mol. The van der Waals surface area contributed by atoms with Gasteiger partial charge in [-0.1, -0.05) is 56.3 Å². The molecule has 17 heavy (non-hydrogen) atoms. The molecule has 0 saturated heterocycles. The average molecular weight is 225 g/mol. The van der Waals surface area contributed by atoms with Crippen LogP contribution in [0.5, 0.6) is 0 Å². The van der Waals surface area contributed by atoms with Crippen molar-refractivity contribution in [3.05, 3.63) is 65.2 Å². The third-order valence-corrected chi connectivity index (χ3v) is 3.11. The Labute approximate surface area is 103 Å². The molecular formula is C16H19N. The zero-order valence-corrected chi connectivity index (χ0v) is 10.5. The van der Waals surface area contributed by atoms with Crippen LogP contribution in [0.3, 0.4) is 0 Å². The molecule has 2 aromatic carbocycles. The Balaban J connectivity index is 2.34. The topological polar surface area (TPSA) is 26.0 Å². The van der Waals surface area contributed by atoms with Crippen LogP contribution in [0.4, 0.5) is 5.69 Å². The minimum Gasteiger partial charge on any atom is -0.398 e. The van der Waals surface area contributed by atoms with Crippen molar-refractivity contribution in [2.24, 2.45) is 0 Å². The fourth-order valence-electron chi connectivity index (χ4n) is 2.16. The minimum absolute atomic E-state index is 0.552. The van der Waals surface area contributed by atoms with Crippen LogP contribution in [0.15, 0.2) is 48.5 Å². The number of rotatable bonds is 3. The van der Waals surface area contributed by atoms with Gasteiger partial charge in [-0.15, -0.1) is 0 Å². The largest absolute Gasteiger partial charge is 0.398 e. The summed E-state index contributed by atoms with van der Waals surface area (Å²) in [4.78, 5) is 0. The van der Waals surface area contributed by atoms with E-state index in [1.54, 1.807) is 0 Å². The molecule has 1 nitrogen and oxygen atoms in total. The highest BCUT2D eigenvalue weighted by molar-refractivity contribution is 5.49. The summed E-state index contributed by atoms with van der Waals surface area (Å²) in [6, 6.07) is 16.7. The predicted octanol–water partition coefficient (Wildman–Crippen LogP) is 3.98. The molecule has 0 bridgehead atoms. The van der Waals surface area contributed by atoms with E-state index in [-0.39, 0.29) is 0 Å². The van der Waals surface area contributed by atoms with E-state index in [1.807, 2.05) is 18.2 Å². The molecule has 0 spiro atoms. The van der Waals surface area contributed by atoms with Crippen LogP contribution in [-0.2, 0) is 6.42 Å². The first-order valence-corrected chi connectivity index (χ1v) is 6.09. The van der Waals surface area contributed by atoms with E-state index in [0.29, 0.717) is 5.92 Å². The monoisotopic (exact) mass is 225 g/mol. The van der Waals surface area contributed by atoms with Gasteiger partial charge in [-0.2, -0.15) is 0 Å². The zero-order valence-electron chi connectivity index (χ0n) is 10.5. The molecule has 88 valence electrons. The zero-order chi connectivity index (χ0) is 12.3. The molecule has 0 aliphatic heterocycles. The molecule has 0 saturated carbocycles. The van der Waals surface area contributed by atoms with Crippen molar-refractivity contribution in [1.82, 2.24) is 0 Å². The van der Waals surface area contributed by atoms with Gasteiger partial charge in [-0.05, 0) is 35.1 Å². The van der Waals surface area contributed by atoms with Crippen molar-refractivity contribution in [2.45, 2.75) is 26.2 Å². The Morgan fingerprint density at radius 2 is 1.47 bits per heavy atom. The van der Waals surface area contributed by atoms with Gasteiger partial charge in [0.05, 0.1) is 0 Å². The van der Waals surface area contributed by atoms with Gasteiger partial charge in [0.25, 0.3) is 0 Å². The van der Waals surface area contributed by atoms with E-state index >= 15 is 0 Å². The Morgan fingerprint density at radius 1 is 0.882 bits per heavy atom. The van der Waals surface area contributed by atoms with Gasteiger partial charge in [0, 0.05) is 5.69 Å². The molecule has 0 aromatic heterocycles. The summed E-state index contributed by atoms with van der Waals surface area (Å²) in [7, 11) is 0. The third-order valence-electron chi connectivity index (χ3n) is 3.11. The number of hydrogen-bond donors (Lipinski definition) is 1. The second-order valence-corrected chi connectivity index (χ2v) is 4.73. The maximum atomic E-state index is 5.99. The van der Waals surface area contributed by atoms with Crippen LogP contribution in [-0.4, -0.2) is 0 Å². The molecule has 0 amide bonds. The highest BCUT2D eigenvalue weighted by atomic mass is 14.6. The number of para-hydroxylation sites is 1. The van der Waals surface area contributed by atoms with Crippen molar-refractivity contribution in [3.8, 4) is 0 Å². The summed E-state index contributed by atoms with van der Waals surface area (Å²) >= 11 is 0. The number of benzene rings is 2. The molecule has 0 atom stereocenters. The lowest BCUT2D eigenvalue weighted by atomic mass is 9.93. The summed E-state index contributed by atoms with van der Waals surface area (Å²) in [5.41, 5.74) is 10.9. The van der Waals surface area contributed by atoms with Crippen molar-refractivity contribution in [1.29, 1.82) is 0 Å². The molecule has 2 aromatic rings. The van der Waals surface area contributed by atoms with Gasteiger partial charge < -0.3 is 5.73 Å². The molecule has 0 radical (unpaired) electrons. The number of nitrogen functional groups attached to an aromatic ring is 1. The summed E-state index contributed by atoms with van der Waals surface area (Å²) < 4.78 is 0. The number of anilines is 1. The van der Waals surface area contributed by atoms with Crippen LogP contribution < -0.4 is 5.73 Å². The van der Waals surface area contributed by atoms with E-state index in [4.69, 9.17) is 5.73 Å². The van der Waals surface area contributed by atoms with E-state index in [1.165, 1.54) is 16.7 Å². The molecule has 2 N–H and O–H groups in total. The molecule has 0 aliphatic carbocycles. The molecule has 2 rings (SSSR count). The van der Waals surface area contributed by atoms with Gasteiger partial charge in [0.2, 0.25) is 0 Å². The van der Waals surface area contributed by atoms with E-state index < -0.39 is 0 Å². The fourth-order valence-corrected chi connectivity index (χ4v) is 2.16. The quantitative estimate of drug-likeness (QED) is 0.785. The average Bonchev–Trinajstić information content (AvgIpc) is 2.32. The number of nitrogens with two attached hydrogens (primary N) is 1. The highest BCUT2D eigenvalue weighted by Crippen LogP contribution is 2.23. The predicted molar refractivity (Wildman–Crippen MR) is 74.2 cm³/mol. The summed E-state index contributed by atoms with van der Waals surface area (Å²) in [5.74, 6) is 0.552. The lowest BCUT2D eigenvalue weighted by Crippen LogP contribution is -2.00. The first-order chi connectivity index (χ1) is 8.18. The van der Waals surface area contributed by atoms with Gasteiger partial charge >= 0.3 is 0 Å².